The Kier molecular flexibility index (Phi) is 2.91. The van der Waals surface area contributed by atoms with Gasteiger partial charge in [0.2, 0.25) is 0 Å². The third kappa shape index (κ3) is 2.04. The maximum Gasteiger partial charge on any atom is 0.161 e. The zero-order chi connectivity index (χ0) is 12.4. The first-order chi connectivity index (χ1) is 8.15. The second-order valence-electron chi connectivity index (χ2n) is 3.67. The first kappa shape index (κ1) is 11.3. The molecule has 0 saturated heterocycles. The molecule has 0 fully saturated rings. The van der Waals surface area contributed by atoms with Crippen LogP contribution in [0.5, 0.6) is 11.5 Å². The van der Waals surface area contributed by atoms with Crippen molar-refractivity contribution >= 4 is 5.82 Å². The summed E-state index contributed by atoms with van der Waals surface area (Å²) < 4.78 is 12.1. The van der Waals surface area contributed by atoms with E-state index in [9.17, 15) is 0 Å². The molecule has 90 valence electrons. The summed E-state index contributed by atoms with van der Waals surface area (Å²) in [7, 11) is 5.05. The average Bonchev–Trinajstić information content (AvgIpc) is 2.67. The standard InChI is InChI=1S/C12H15N3O2/c1-15-7-9(12(13)14-15)8-4-5-10(16-2)11(6-8)17-3/h4-7H,1-3H3,(H2,13,14). The highest BCUT2D eigenvalue weighted by Crippen LogP contribution is 2.33. The number of anilines is 1. The van der Waals surface area contributed by atoms with Gasteiger partial charge in [0.25, 0.3) is 0 Å². The maximum atomic E-state index is 5.83. The van der Waals surface area contributed by atoms with E-state index >= 15 is 0 Å². The van der Waals surface area contributed by atoms with Crippen LogP contribution in [0.1, 0.15) is 0 Å². The summed E-state index contributed by atoms with van der Waals surface area (Å²) in [6.45, 7) is 0. The van der Waals surface area contributed by atoms with E-state index in [4.69, 9.17) is 15.2 Å². The zero-order valence-corrected chi connectivity index (χ0v) is 10.1. The number of aromatic nitrogens is 2. The summed E-state index contributed by atoms with van der Waals surface area (Å²) >= 11 is 0. The SMILES string of the molecule is COc1ccc(-c2cn(C)nc2N)cc1OC. The van der Waals surface area contributed by atoms with Crippen molar-refractivity contribution in [2.45, 2.75) is 0 Å². The van der Waals surface area contributed by atoms with Crippen LogP contribution in [-0.2, 0) is 7.05 Å². The van der Waals surface area contributed by atoms with Gasteiger partial charge < -0.3 is 15.2 Å². The Bertz CT molecular complexity index is 535. The van der Waals surface area contributed by atoms with E-state index in [0.717, 1.165) is 11.1 Å². The summed E-state index contributed by atoms with van der Waals surface area (Å²) in [5.41, 5.74) is 7.67. The van der Waals surface area contributed by atoms with Crippen LogP contribution in [-0.4, -0.2) is 24.0 Å². The van der Waals surface area contributed by atoms with Crippen molar-refractivity contribution in [3.8, 4) is 22.6 Å². The lowest BCUT2D eigenvalue weighted by atomic mass is 10.1. The lowest BCUT2D eigenvalue weighted by Crippen LogP contribution is -1.92. The highest BCUT2D eigenvalue weighted by atomic mass is 16.5. The van der Waals surface area contributed by atoms with Gasteiger partial charge in [0, 0.05) is 18.8 Å². The van der Waals surface area contributed by atoms with E-state index in [2.05, 4.69) is 5.10 Å². The van der Waals surface area contributed by atoms with Crippen LogP contribution in [0.3, 0.4) is 0 Å². The molecule has 0 aliphatic heterocycles. The topological polar surface area (TPSA) is 62.3 Å². The molecular weight excluding hydrogens is 218 g/mol. The fraction of sp³-hybridized carbons (Fsp3) is 0.250. The monoisotopic (exact) mass is 233 g/mol. The zero-order valence-electron chi connectivity index (χ0n) is 10.1. The lowest BCUT2D eigenvalue weighted by molar-refractivity contribution is 0.355. The predicted molar refractivity (Wildman–Crippen MR) is 66.2 cm³/mol. The third-order valence-corrected chi connectivity index (χ3v) is 2.55. The minimum Gasteiger partial charge on any atom is -0.493 e. The summed E-state index contributed by atoms with van der Waals surface area (Å²) in [6, 6.07) is 5.65. The number of nitrogen functional groups attached to an aromatic ring is 1. The van der Waals surface area contributed by atoms with Crippen LogP contribution in [0.2, 0.25) is 0 Å². The molecule has 0 spiro atoms. The summed E-state index contributed by atoms with van der Waals surface area (Å²) in [5.74, 6) is 1.87. The van der Waals surface area contributed by atoms with E-state index in [0.29, 0.717) is 17.3 Å². The molecule has 5 nitrogen and oxygen atoms in total. The van der Waals surface area contributed by atoms with E-state index < -0.39 is 0 Å². The number of hydrogen-bond donors (Lipinski definition) is 1. The van der Waals surface area contributed by atoms with Crippen LogP contribution in [0.4, 0.5) is 5.82 Å². The van der Waals surface area contributed by atoms with Gasteiger partial charge in [-0.05, 0) is 17.7 Å². The van der Waals surface area contributed by atoms with E-state index in [1.54, 1.807) is 18.9 Å². The van der Waals surface area contributed by atoms with Gasteiger partial charge in [-0.25, -0.2) is 0 Å². The molecule has 0 atom stereocenters. The quantitative estimate of drug-likeness (QED) is 0.876. The number of nitrogens with zero attached hydrogens (tertiary/aromatic N) is 2. The van der Waals surface area contributed by atoms with Gasteiger partial charge in [0.05, 0.1) is 14.2 Å². The van der Waals surface area contributed by atoms with Crippen molar-refractivity contribution in [3.05, 3.63) is 24.4 Å². The van der Waals surface area contributed by atoms with Crippen molar-refractivity contribution in [3.63, 3.8) is 0 Å². The van der Waals surface area contributed by atoms with Gasteiger partial charge in [-0.15, -0.1) is 0 Å². The van der Waals surface area contributed by atoms with Crippen molar-refractivity contribution < 1.29 is 9.47 Å². The van der Waals surface area contributed by atoms with Gasteiger partial charge in [-0.2, -0.15) is 5.10 Å². The van der Waals surface area contributed by atoms with Crippen molar-refractivity contribution in [2.24, 2.45) is 7.05 Å². The maximum absolute atomic E-state index is 5.83. The van der Waals surface area contributed by atoms with Gasteiger partial charge in [0.1, 0.15) is 0 Å². The Balaban J connectivity index is 2.50. The Morgan fingerprint density at radius 3 is 2.41 bits per heavy atom. The number of rotatable bonds is 3. The molecule has 2 rings (SSSR count). The number of nitrogens with two attached hydrogens (primary N) is 1. The molecule has 17 heavy (non-hydrogen) atoms. The molecule has 1 aromatic heterocycles. The van der Waals surface area contributed by atoms with Gasteiger partial charge in [-0.3, -0.25) is 4.68 Å². The molecule has 0 radical (unpaired) electrons. The number of aryl methyl sites for hydroxylation is 1. The van der Waals surface area contributed by atoms with E-state index in [1.807, 2.05) is 31.4 Å². The van der Waals surface area contributed by atoms with Gasteiger partial charge in [0.15, 0.2) is 17.3 Å². The smallest absolute Gasteiger partial charge is 0.161 e. The molecule has 0 saturated carbocycles. The van der Waals surface area contributed by atoms with Crippen LogP contribution in [0.25, 0.3) is 11.1 Å². The fourth-order valence-corrected chi connectivity index (χ4v) is 1.73. The van der Waals surface area contributed by atoms with Gasteiger partial charge in [-0.1, -0.05) is 6.07 Å². The molecule has 0 bridgehead atoms. The number of benzene rings is 1. The van der Waals surface area contributed by atoms with Crippen LogP contribution in [0, 0.1) is 0 Å². The van der Waals surface area contributed by atoms with E-state index in [-0.39, 0.29) is 0 Å². The Morgan fingerprint density at radius 1 is 1.18 bits per heavy atom. The number of hydrogen-bond acceptors (Lipinski definition) is 4. The minimum absolute atomic E-state index is 0.500. The number of methoxy groups -OCH3 is 2. The predicted octanol–water partition coefficient (Wildman–Crippen LogP) is 1.69. The molecule has 2 aromatic rings. The molecule has 0 aliphatic carbocycles. The first-order valence-electron chi connectivity index (χ1n) is 5.17. The van der Waals surface area contributed by atoms with Crippen molar-refractivity contribution in [2.75, 3.05) is 20.0 Å². The minimum atomic E-state index is 0.500. The second kappa shape index (κ2) is 4.37. The molecule has 1 aromatic carbocycles. The van der Waals surface area contributed by atoms with Gasteiger partial charge >= 0.3 is 0 Å². The van der Waals surface area contributed by atoms with Crippen molar-refractivity contribution in [1.82, 2.24) is 9.78 Å². The molecule has 2 N–H and O–H groups in total. The normalized spacial score (nSPS) is 10.3. The molecule has 5 heteroatoms. The largest absolute Gasteiger partial charge is 0.493 e. The number of ether oxygens (including phenoxy) is 2. The Hall–Kier alpha value is -2.17. The lowest BCUT2D eigenvalue weighted by Gasteiger charge is -2.08. The molecular formula is C12H15N3O2. The van der Waals surface area contributed by atoms with Crippen LogP contribution < -0.4 is 15.2 Å². The molecule has 0 amide bonds. The third-order valence-electron chi connectivity index (χ3n) is 2.55. The highest BCUT2D eigenvalue weighted by Gasteiger charge is 2.10. The molecule has 1 heterocycles. The second-order valence-corrected chi connectivity index (χ2v) is 3.67. The first-order valence-corrected chi connectivity index (χ1v) is 5.17. The summed E-state index contributed by atoms with van der Waals surface area (Å²) in [4.78, 5) is 0. The summed E-state index contributed by atoms with van der Waals surface area (Å²) in [5, 5.41) is 4.11. The highest BCUT2D eigenvalue weighted by molar-refractivity contribution is 5.75. The van der Waals surface area contributed by atoms with Crippen LogP contribution >= 0.6 is 0 Å². The molecule has 0 aliphatic rings. The van der Waals surface area contributed by atoms with Crippen LogP contribution in [0.15, 0.2) is 24.4 Å². The average molecular weight is 233 g/mol. The molecule has 0 unspecified atom stereocenters. The Morgan fingerprint density at radius 2 is 1.88 bits per heavy atom. The Labute approximate surface area is 99.8 Å². The van der Waals surface area contributed by atoms with Crippen molar-refractivity contribution in [1.29, 1.82) is 0 Å². The fourth-order valence-electron chi connectivity index (χ4n) is 1.73. The van der Waals surface area contributed by atoms with E-state index in [1.165, 1.54) is 0 Å². The summed E-state index contributed by atoms with van der Waals surface area (Å²) in [6.07, 6.45) is 1.87.